The molecule has 2 saturated heterocycles. The Kier molecular flexibility index (Phi) is 21.1. The van der Waals surface area contributed by atoms with Crippen molar-refractivity contribution >= 4 is 43.6 Å². The molecule has 358 valence electrons. The summed E-state index contributed by atoms with van der Waals surface area (Å²) in [7, 11) is -5.13. The lowest BCUT2D eigenvalue weighted by atomic mass is 9.96. The van der Waals surface area contributed by atoms with Gasteiger partial charge in [0.05, 0.1) is 17.7 Å². The lowest BCUT2D eigenvalue weighted by Gasteiger charge is -2.48. The third-order valence-electron chi connectivity index (χ3n) is 9.78. The number of alkyl halides is 1. The molecule has 2 aliphatic rings. The van der Waals surface area contributed by atoms with Gasteiger partial charge in [-0.1, -0.05) is 68.2 Å². The molecule has 2 aliphatic heterocycles. The van der Waals surface area contributed by atoms with Crippen molar-refractivity contribution in [3.8, 4) is 0 Å². The van der Waals surface area contributed by atoms with Crippen LogP contribution in [0.3, 0.4) is 0 Å². The van der Waals surface area contributed by atoms with E-state index in [4.69, 9.17) is 51.7 Å². The molecule has 1 unspecified atom stereocenters. The van der Waals surface area contributed by atoms with E-state index >= 15 is 4.39 Å². The van der Waals surface area contributed by atoms with Gasteiger partial charge >= 0.3 is 43.6 Å². The molecule has 0 radical (unpaired) electrons. The Balaban J connectivity index is 1.78. The SMILES string of the molecule is C=CCCCCCCCCOP(=O)(O)O[C@H]1O[C@H](CF)[C@@H](O[C@@H]2O[C@H](COC(C)=O)[C@H](OC(C)=O)[C@H](OC(C)=O)[C@H]2OC(C)=O)[C@H](OC(=O)c2ccccc2)[C@@H]1OC(=O)c1ccccc1. The zero-order valence-corrected chi connectivity index (χ0v) is 37.4. The maximum atomic E-state index is 15.5. The molecule has 4 rings (SSSR count). The fourth-order valence-corrected chi connectivity index (χ4v) is 7.79. The molecule has 11 atom stereocenters. The molecule has 21 heteroatoms. The summed E-state index contributed by atoms with van der Waals surface area (Å²) in [6.45, 7) is 5.37. The van der Waals surface area contributed by atoms with Crippen molar-refractivity contribution in [1.82, 2.24) is 0 Å². The summed E-state index contributed by atoms with van der Waals surface area (Å²) in [6.07, 6.45) is -11.4. The van der Waals surface area contributed by atoms with Crippen LogP contribution in [0.15, 0.2) is 73.3 Å². The number of hydrogen-bond acceptors (Lipinski definition) is 18. The van der Waals surface area contributed by atoms with Crippen molar-refractivity contribution in [2.24, 2.45) is 0 Å². The van der Waals surface area contributed by atoms with E-state index in [-0.39, 0.29) is 17.7 Å². The van der Waals surface area contributed by atoms with Crippen LogP contribution in [0.5, 0.6) is 0 Å². The Labute approximate surface area is 375 Å². The summed E-state index contributed by atoms with van der Waals surface area (Å²) in [6, 6.07) is 14.8. The molecule has 2 aromatic rings. The predicted octanol–water partition coefficient (Wildman–Crippen LogP) is 5.65. The van der Waals surface area contributed by atoms with Gasteiger partial charge in [0.25, 0.3) is 0 Å². The van der Waals surface area contributed by atoms with Gasteiger partial charge in [0, 0.05) is 27.7 Å². The minimum Gasteiger partial charge on any atom is -0.463 e. The van der Waals surface area contributed by atoms with Gasteiger partial charge in [0.1, 0.15) is 31.6 Å². The summed E-state index contributed by atoms with van der Waals surface area (Å²) in [5.74, 6) is -5.85. The highest BCUT2D eigenvalue weighted by Gasteiger charge is 2.58. The predicted molar refractivity (Wildman–Crippen MR) is 222 cm³/mol. The van der Waals surface area contributed by atoms with Crippen molar-refractivity contribution in [2.45, 2.75) is 134 Å². The second-order valence-corrected chi connectivity index (χ2v) is 16.3. The lowest BCUT2D eigenvalue weighted by Crippen LogP contribution is -2.67. The zero-order chi connectivity index (χ0) is 47.5. The molecule has 0 spiro atoms. The minimum absolute atomic E-state index is 0.0445. The number of phosphoric ester groups is 1. The molecular weight excluding hydrogens is 882 g/mol. The second-order valence-electron chi connectivity index (χ2n) is 14.9. The molecule has 19 nitrogen and oxygen atoms in total. The third kappa shape index (κ3) is 16.7. The summed E-state index contributed by atoms with van der Waals surface area (Å²) < 4.78 is 91.3. The van der Waals surface area contributed by atoms with Gasteiger partial charge in [-0.2, -0.15) is 0 Å². The quantitative estimate of drug-likeness (QED) is 0.0439. The van der Waals surface area contributed by atoms with Crippen LogP contribution in [0.1, 0.15) is 93.4 Å². The zero-order valence-electron chi connectivity index (χ0n) is 36.5. The molecule has 2 heterocycles. The van der Waals surface area contributed by atoms with Crippen molar-refractivity contribution in [1.29, 1.82) is 0 Å². The molecule has 1 N–H and O–H groups in total. The number of phosphoric acid groups is 1. The van der Waals surface area contributed by atoms with Crippen molar-refractivity contribution < 1.29 is 94.3 Å². The van der Waals surface area contributed by atoms with Crippen LogP contribution in [-0.2, 0) is 75.4 Å². The summed E-state index contributed by atoms with van der Waals surface area (Å²) in [5.41, 5.74) is -0.0960. The Morgan fingerprint density at radius 2 is 1.11 bits per heavy atom. The number of halogens is 1. The maximum Gasteiger partial charge on any atom is 0.474 e. The number of carbonyl (C=O) groups is 6. The smallest absolute Gasteiger partial charge is 0.463 e. The minimum atomic E-state index is -5.13. The highest BCUT2D eigenvalue weighted by Crippen LogP contribution is 2.48. The molecule has 2 aromatic carbocycles. The standard InChI is InChI=1S/C44H56FO19P/c1-6-7-8-9-10-11-12-19-24-55-65(52,53)64-44-40(62-42(51)32-22-17-14-18-23-32)38(61-41(50)31-20-15-13-16-21-31)35(33(25-45)59-44)63-43-39(58-30(5)49)37(57-29(4)48)36(56-28(3)47)34(60-43)26-54-27(2)46/h6,13-18,20-23,33-40,43-44H,1,7-12,19,24-26H2,2-5H3,(H,52,53)/t33-,34-,35-,36+,37+,38+,39-,40+,43+,44-/m1/s1. The van der Waals surface area contributed by atoms with E-state index in [1.807, 2.05) is 6.08 Å². The van der Waals surface area contributed by atoms with Gasteiger partial charge in [0.15, 0.2) is 36.8 Å². The van der Waals surface area contributed by atoms with Crippen molar-refractivity contribution in [2.75, 3.05) is 19.9 Å². The highest BCUT2D eigenvalue weighted by atomic mass is 31.2. The van der Waals surface area contributed by atoms with Crippen LogP contribution in [0.2, 0.25) is 0 Å². The maximum absolute atomic E-state index is 15.5. The second kappa shape index (κ2) is 26.2. The summed E-state index contributed by atoms with van der Waals surface area (Å²) >= 11 is 0. The Morgan fingerprint density at radius 3 is 1.65 bits per heavy atom. The van der Waals surface area contributed by atoms with Crippen LogP contribution < -0.4 is 0 Å². The van der Waals surface area contributed by atoms with Crippen molar-refractivity contribution in [3.05, 3.63) is 84.4 Å². The highest BCUT2D eigenvalue weighted by molar-refractivity contribution is 7.47. The van der Waals surface area contributed by atoms with Crippen LogP contribution in [0, 0.1) is 0 Å². The van der Waals surface area contributed by atoms with Crippen LogP contribution >= 0.6 is 7.82 Å². The van der Waals surface area contributed by atoms with Crippen molar-refractivity contribution in [3.63, 3.8) is 0 Å². The molecule has 0 aliphatic carbocycles. The average Bonchev–Trinajstić information content (AvgIpc) is 3.26. The van der Waals surface area contributed by atoms with Gasteiger partial charge in [-0.05, 0) is 43.5 Å². The average molecular weight is 939 g/mol. The van der Waals surface area contributed by atoms with E-state index in [9.17, 15) is 38.2 Å². The van der Waals surface area contributed by atoms with E-state index in [1.165, 1.54) is 48.5 Å². The van der Waals surface area contributed by atoms with Crippen LogP contribution in [0.25, 0.3) is 0 Å². The first kappa shape index (κ1) is 52.5. The van der Waals surface area contributed by atoms with Gasteiger partial charge in [-0.3, -0.25) is 28.2 Å². The normalized spacial score (nSPS) is 26.1. The van der Waals surface area contributed by atoms with Crippen LogP contribution in [0.4, 0.5) is 4.39 Å². The van der Waals surface area contributed by atoms with Gasteiger partial charge in [-0.25, -0.2) is 18.5 Å². The van der Waals surface area contributed by atoms with E-state index < -0.39 is 118 Å². The van der Waals surface area contributed by atoms with Gasteiger partial charge in [-0.15, -0.1) is 6.58 Å². The molecule has 65 heavy (non-hydrogen) atoms. The fraction of sp³-hybridized carbons (Fsp3) is 0.545. The number of carbonyl (C=O) groups excluding carboxylic acids is 6. The molecule has 0 amide bonds. The molecular formula is C44H56FO19P. The molecule has 0 saturated carbocycles. The van der Waals surface area contributed by atoms with E-state index in [0.717, 1.165) is 59.8 Å². The molecule has 0 aromatic heterocycles. The molecule has 2 fully saturated rings. The first-order chi connectivity index (χ1) is 31.0. The van der Waals surface area contributed by atoms with Gasteiger partial charge in [0.2, 0.25) is 6.29 Å². The number of allylic oxidation sites excluding steroid dienone is 1. The molecule has 0 bridgehead atoms. The number of hydrogen-bond donors (Lipinski definition) is 1. The Bertz CT molecular complexity index is 1930. The number of esters is 6. The fourth-order valence-electron chi connectivity index (χ4n) is 6.94. The number of unbranched alkanes of at least 4 members (excludes halogenated alkanes) is 6. The van der Waals surface area contributed by atoms with Gasteiger partial charge < -0.3 is 47.5 Å². The van der Waals surface area contributed by atoms with E-state index in [0.29, 0.717) is 12.8 Å². The number of ether oxygens (including phenoxy) is 9. The number of rotatable bonds is 24. The third-order valence-corrected chi connectivity index (χ3v) is 10.8. The Hall–Kier alpha value is -5.08. The van der Waals surface area contributed by atoms with E-state index in [1.54, 1.807) is 12.1 Å². The van der Waals surface area contributed by atoms with E-state index in [2.05, 4.69) is 6.58 Å². The monoisotopic (exact) mass is 938 g/mol. The summed E-state index contributed by atoms with van der Waals surface area (Å²) in [4.78, 5) is 88.0. The van der Waals surface area contributed by atoms with Crippen LogP contribution in [-0.4, -0.2) is 122 Å². The lowest BCUT2D eigenvalue weighted by molar-refractivity contribution is -0.352. The summed E-state index contributed by atoms with van der Waals surface area (Å²) in [5, 5.41) is 0. The Morgan fingerprint density at radius 1 is 0.631 bits per heavy atom. The number of benzene rings is 2. The first-order valence-corrected chi connectivity index (χ1v) is 22.5. The largest absolute Gasteiger partial charge is 0.474 e. The topological polar surface area (TPSA) is 241 Å². The first-order valence-electron chi connectivity index (χ1n) is 21.0.